The summed E-state index contributed by atoms with van der Waals surface area (Å²) >= 11 is 0. The lowest BCUT2D eigenvalue weighted by Gasteiger charge is -2.24. The summed E-state index contributed by atoms with van der Waals surface area (Å²) in [6.07, 6.45) is 1.15. The van der Waals surface area contributed by atoms with Crippen molar-refractivity contribution in [1.82, 2.24) is 4.98 Å². The average Bonchev–Trinajstić information content (AvgIpc) is 2.03. The molecular weight excluding hydrogens is 158 g/mol. The number of rotatable bonds is 2. The molecule has 1 heteroatoms. The Morgan fingerprint density at radius 2 is 1.85 bits per heavy atom. The van der Waals surface area contributed by atoms with E-state index in [9.17, 15) is 0 Å². The van der Waals surface area contributed by atoms with Crippen LogP contribution in [0.5, 0.6) is 0 Å². The minimum Gasteiger partial charge on any atom is -0.258 e. The van der Waals surface area contributed by atoms with Crippen LogP contribution in [0.25, 0.3) is 0 Å². The molecule has 0 aliphatic rings. The van der Waals surface area contributed by atoms with Crippen molar-refractivity contribution in [3.63, 3.8) is 0 Å². The van der Waals surface area contributed by atoms with Gasteiger partial charge in [-0.2, -0.15) is 0 Å². The third kappa shape index (κ3) is 2.09. The van der Waals surface area contributed by atoms with Crippen LogP contribution < -0.4 is 0 Å². The maximum atomic E-state index is 4.49. The van der Waals surface area contributed by atoms with Gasteiger partial charge in [0.1, 0.15) is 0 Å². The van der Waals surface area contributed by atoms with Gasteiger partial charge in [-0.05, 0) is 37.3 Å². The smallest absolute Gasteiger partial charge is 0.0413 e. The van der Waals surface area contributed by atoms with Crippen molar-refractivity contribution in [3.8, 4) is 0 Å². The zero-order chi connectivity index (χ0) is 10.1. The van der Waals surface area contributed by atoms with E-state index in [2.05, 4.69) is 44.8 Å². The first kappa shape index (κ1) is 10.2. The fourth-order valence-electron chi connectivity index (χ4n) is 1.59. The third-order valence-electron chi connectivity index (χ3n) is 2.84. The molecular formula is C12H19N. The van der Waals surface area contributed by atoms with Crippen molar-refractivity contribution in [2.24, 2.45) is 0 Å². The van der Waals surface area contributed by atoms with Crippen molar-refractivity contribution in [3.05, 3.63) is 29.1 Å². The van der Waals surface area contributed by atoms with E-state index in [-0.39, 0.29) is 5.41 Å². The number of hydrogen-bond acceptors (Lipinski definition) is 1. The maximum absolute atomic E-state index is 4.49. The van der Waals surface area contributed by atoms with E-state index in [0.29, 0.717) is 0 Å². The van der Waals surface area contributed by atoms with Crippen LogP contribution in [0.4, 0.5) is 0 Å². The fourth-order valence-corrected chi connectivity index (χ4v) is 1.59. The Balaban J connectivity index is 3.16. The van der Waals surface area contributed by atoms with E-state index in [4.69, 9.17) is 0 Å². The Morgan fingerprint density at radius 1 is 1.23 bits per heavy atom. The van der Waals surface area contributed by atoms with Gasteiger partial charge >= 0.3 is 0 Å². The number of nitrogens with zero attached hydrogens (tertiary/aromatic N) is 1. The predicted molar refractivity (Wildman–Crippen MR) is 57.0 cm³/mol. The topological polar surface area (TPSA) is 12.9 Å². The SMILES string of the molecule is CCC(C)(C)c1ccc(C)nc1C. The van der Waals surface area contributed by atoms with Crippen LogP contribution in [-0.4, -0.2) is 4.98 Å². The Morgan fingerprint density at radius 3 is 2.31 bits per heavy atom. The first-order valence-corrected chi connectivity index (χ1v) is 4.92. The molecule has 0 unspecified atom stereocenters. The van der Waals surface area contributed by atoms with Crippen molar-refractivity contribution in [1.29, 1.82) is 0 Å². The van der Waals surface area contributed by atoms with Gasteiger partial charge in [0.05, 0.1) is 0 Å². The lowest BCUT2D eigenvalue weighted by Crippen LogP contribution is -2.17. The molecule has 1 nitrogen and oxygen atoms in total. The Kier molecular flexibility index (Phi) is 2.74. The quantitative estimate of drug-likeness (QED) is 0.674. The Labute approximate surface area is 81.2 Å². The highest BCUT2D eigenvalue weighted by Gasteiger charge is 2.20. The van der Waals surface area contributed by atoms with Gasteiger partial charge in [0, 0.05) is 11.4 Å². The molecule has 0 aromatic carbocycles. The molecule has 0 amide bonds. The molecule has 1 aromatic rings. The van der Waals surface area contributed by atoms with E-state index in [1.807, 2.05) is 6.92 Å². The molecule has 0 radical (unpaired) electrons. The summed E-state index contributed by atoms with van der Waals surface area (Å²) < 4.78 is 0. The van der Waals surface area contributed by atoms with E-state index in [1.54, 1.807) is 0 Å². The summed E-state index contributed by atoms with van der Waals surface area (Å²) in [4.78, 5) is 4.49. The molecule has 72 valence electrons. The molecule has 1 rings (SSSR count). The molecule has 1 aromatic heterocycles. The van der Waals surface area contributed by atoms with Crippen molar-refractivity contribution in [2.75, 3.05) is 0 Å². The molecule has 0 atom stereocenters. The summed E-state index contributed by atoms with van der Waals surface area (Å²) in [6.45, 7) is 10.9. The number of aryl methyl sites for hydroxylation is 2. The highest BCUT2D eigenvalue weighted by molar-refractivity contribution is 5.28. The van der Waals surface area contributed by atoms with Crippen molar-refractivity contribution < 1.29 is 0 Å². The van der Waals surface area contributed by atoms with Crippen LogP contribution in [-0.2, 0) is 5.41 Å². The second kappa shape index (κ2) is 3.49. The standard InChI is InChI=1S/C12H19N/c1-6-12(4,5)11-8-7-9(2)13-10(11)3/h7-8H,6H2,1-5H3. The minimum atomic E-state index is 0.255. The summed E-state index contributed by atoms with van der Waals surface area (Å²) in [7, 11) is 0. The van der Waals surface area contributed by atoms with Gasteiger partial charge < -0.3 is 0 Å². The molecule has 0 aliphatic carbocycles. The second-order valence-electron chi connectivity index (χ2n) is 4.32. The Hall–Kier alpha value is -0.850. The maximum Gasteiger partial charge on any atom is 0.0413 e. The van der Waals surface area contributed by atoms with Gasteiger partial charge in [0.2, 0.25) is 0 Å². The summed E-state index contributed by atoms with van der Waals surface area (Å²) in [5.74, 6) is 0. The lowest BCUT2D eigenvalue weighted by atomic mass is 9.81. The second-order valence-corrected chi connectivity index (χ2v) is 4.32. The first-order chi connectivity index (χ1) is 5.97. The van der Waals surface area contributed by atoms with Crippen LogP contribution >= 0.6 is 0 Å². The lowest BCUT2D eigenvalue weighted by molar-refractivity contribution is 0.500. The summed E-state index contributed by atoms with van der Waals surface area (Å²) in [6, 6.07) is 4.31. The van der Waals surface area contributed by atoms with Crippen LogP contribution in [0.3, 0.4) is 0 Å². The van der Waals surface area contributed by atoms with Crippen LogP contribution in [0.1, 0.15) is 44.1 Å². The van der Waals surface area contributed by atoms with E-state index >= 15 is 0 Å². The van der Waals surface area contributed by atoms with Crippen molar-refractivity contribution in [2.45, 2.75) is 46.5 Å². The zero-order valence-corrected chi connectivity index (χ0v) is 9.31. The molecule has 0 N–H and O–H groups in total. The third-order valence-corrected chi connectivity index (χ3v) is 2.84. The number of aromatic nitrogens is 1. The first-order valence-electron chi connectivity index (χ1n) is 4.92. The zero-order valence-electron chi connectivity index (χ0n) is 9.31. The van der Waals surface area contributed by atoms with Gasteiger partial charge in [-0.1, -0.05) is 26.8 Å². The largest absolute Gasteiger partial charge is 0.258 e. The highest BCUT2D eigenvalue weighted by Crippen LogP contribution is 2.28. The van der Waals surface area contributed by atoms with Gasteiger partial charge in [-0.3, -0.25) is 4.98 Å². The number of pyridine rings is 1. The molecule has 0 aliphatic heterocycles. The Bertz CT molecular complexity index is 300. The molecule has 1 heterocycles. The van der Waals surface area contributed by atoms with E-state index < -0.39 is 0 Å². The molecule has 0 fully saturated rings. The van der Waals surface area contributed by atoms with Crippen LogP contribution in [0.15, 0.2) is 12.1 Å². The highest BCUT2D eigenvalue weighted by atomic mass is 14.7. The molecule has 13 heavy (non-hydrogen) atoms. The average molecular weight is 177 g/mol. The normalized spacial score (nSPS) is 11.8. The van der Waals surface area contributed by atoms with Crippen LogP contribution in [0.2, 0.25) is 0 Å². The van der Waals surface area contributed by atoms with Gasteiger partial charge in [-0.25, -0.2) is 0 Å². The van der Waals surface area contributed by atoms with Gasteiger partial charge in [0.25, 0.3) is 0 Å². The summed E-state index contributed by atoms with van der Waals surface area (Å²) in [5.41, 5.74) is 3.91. The molecule has 0 saturated carbocycles. The predicted octanol–water partition coefficient (Wildman–Crippen LogP) is 3.39. The summed E-state index contributed by atoms with van der Waals surface area (Å²) in [5, 5.41) is 0. The van der Waals surface area contributed by atoms with E-state index in [1.165, 1.54) is 11.3 Å². The number of hydrogen-bond donors (Lipinski definition) is 0. The minimum absolute atomic E-state index is 0.255. The van der Waals surface area contributed by atoms with E-state index in [0.717, 1.165) is 12.1 Å². The van der Waals surface area contributed by atoms with Crippen molar-refractivity contribution >= 4 is 0 Å². The van der Waals surface area contributed by atoms with Gasteiger partial charge in [0.15, 0.2) is 0 Å². The molecule has 0 bridgehead atoms. The fraction of sp³-hybridized carbons (Fsp3) is 0.583. The van der Waals surface area contributed by atoms with Gasteiger partial charge in [-0.15, -0.1) is 0 Å². The van der Waals surface area contributed by atoms with Crippen LogP contribution in [0, 0.1) is 13.8 Å². The molecule has 0 spiro atoms. The monoisotopic (exact) mass is 177 g/mol. The molecule has 0 saturated heterocycles.